The van der Waals surface area contributed by atoms with Crippen molar-refractivity contribution in [3.05, 3.63) is 108 Å². The Kier molecular flexibility index (Phi) is 9.95. The summed E-state index contributed by atoms with van der Waals surface area (Å²) in [6, 6.07) is 30.8. The molecule has 5 atom stereocenters. The fourth-order valence-corrected chi connectivity index (χ4v) is 5.02. The Morgan fingerprint density at radius 1 is 0.647 bits per heavy atom. The molecule has 0 aliphatic carbocycles. The van der Waals surface area contributed by atoms with Gasteiger partial charge in [-0.1, -0.05) is 121 Å². The maximum Gasteiger partial charge on any atom is 0.111 e. The van der Waals surface area contributed by atoms with Crippen molar-refractivity contribution in [1.82, 2.24) is 0 Å². The molecule has 0 spiro atoms. The third kappa shape index (κ3) is 7.12. The largest absolute Gasteiger partial charge is 0.374 e. The highest BCUT2D eigenvalue weighted by Crippen LogP contribution is 2.33. The van der Waals surface area contributed by atoms with Crippen LogP contribution in [0.5, 0.6) is 0 Å². The number of halogens is 1. The molecule has 0 aromatic heterocycles. The second-order valence-electron chi connectivity index (χ2n) is 8.75. The summed E-state index contributed by atoms with van der Waals surface area (Å²) in [4.78, 5) is 0. The summed E-state index contributed by atoms with van der Waals surface area (Å²) < 4.78 is 26.4. The van der Waals surface area contributed by atoms with E-state index in [4.69, 9.17) is 18.9 Å². The molecule has 1 fully saturated rings. The average Bonchev–Trinajstić information content (AvgIpc) is 2.89. The van der Waals surface area contributed by atoms with Crippen molar-refractivity contribution in [2.75, 3.05) is 11.0 Å². The Morgan fingerprint density at radius 2 is 1.12 bits per heavy atom. The number of hydrogen-bond donors (Lipinski definition) is 0. The van der Waals surface area contributed by atoms with E-state index in [1.165, 1.54) is 0 Å². The first-order chi connectivity index (χ1) is 16.7. The minimum atomic E-state index is -0.152. The van der Waals surface area contributed by atoms with Crippen molar-refractivity contribution in [3.8, 4) is 0 Å². The summed E-state index contributed by atoms with van der Waals surface area (Å²) >= 11 is 2.39. The molecule has 4 nitrogen and oxygen atoms in total. The van der Waals surface area contributed by atoms with Crippen molar-refractivity contribution >= 4 is 22.6 Å². The van der Waals surface area contributed by atoms with Gasteiger partial charge in [0.25, 0.3) is 0 Å². The lowest BCUT2D eigenvalue weighted by atomic mass is 9.88. The van der Waals surface area contributed by atoms with Gasteiger partial charge in [-0.25, -0.2) is 0 Å². The molecule has 0 N–H and O–H groups in total. The van der Waals surface area contributed by atoms with Gasteiger partial charge >= 0.3 is 0 Å². The van der Waals surface area contributed by atoms with Crippen LogP contribution in [0.25, 0.3) is 0 Å². The summed E-state index contributed by atoms with van der Waals surface area (Å²) in [6.45, 7) is 4.38. The predicted octanol–water partition coefficient (Wildman–Crippen LogP) is 6.21. The first kappa shape index (κ1) is 25.3. The van der Waals surface area contributed by atoms with Crippen molar-refractivity contribution in [1.29, 1.82) is 0 Å². The molecular formula is C29H33IO4. The van der Waals surface area contributed by atoms with E-state index in [0.29, 0.717) is 26.4 Å². The molecular weight excluding hydrogens is 539 g/mol. The van der Waals surface area contributed by atoms with Crippen LogP contribution < -0.4 is 0 Å². The molecule has 4 rings (SSSR count). The van der Waals surface area contributed by atoms with Crippen LogP contribution in [0.1, 0.15) is 23.6 Å². The van der Waals surface area contributed by atoms with E-state index in [9.17, 15) is 0 Å². The number of hydrogen-bond acceptors (Lipinski definition) is 4. The van der Waals surface area contributed by atoms with Gasteiger partial charge in [-0.05, 0) is 16.7 Å². The highest BCUT2D eigenvalue weighted by Gasteiger charge is 2.45. The smallest absolute Gasteiger partial charge is 0.111 e. The molecule has 1 saturated heterocycles. The summed E-state index contributed by atoms with van der Waals surface area (Å²) in [7, 11) is 0. The zero-order valence-corrected chi connectivity index (χ0v) is 21.8. The van der Waals surface area contributed by atoms with Crippen LogP contribution in [0.15, 0.2) is 91.0 Å². The van der Waals surface area contributed by atoms with Crippen LogP contribution in [0.3, 0.4) is 0 Å². The van der Waals surface area contributed by atoms with Gasteiger partial charge in [0.15, 0.2) is 0 Å². The molecule has 0 unspecified atom stereocenters. The zero-order chi connectivity index (χ0) is 23.6. The van der Waals surface area contributed by atoms with Crippen molar-refractivity contribution in [2.45, 2.75) is 51.2 Å². The van der Waals surface area contributed by atoms with Gasteiger partial charge < -0.3 is 18.9 Å². The van der Waals surface area contributed by atoms with Gasteiger partial charge in [-0.15, -0.1) is 0 Å². The molecule has 1 aliphatic rings. The van der Waals surface area contributed by atoms with E-state index < -0.39 is 0 Å². The standard InChI is InChI=1S/C29H33IO4/c1-22-27(21-31-18-23-11-5-2-6-12-23)34-26(17-30)29(33-20-25-15-9-4-10-16-25)28(22)32-19-24-13-7-3-8-14-24/h2-16,22,26-29H,17-21H2,1H3/t22-,26-,27-,28+,29-/m1/s1. The second kappa shape index (κ2) is 13.4. The third-order valence-corrected chi connectivity index (χ3v) is 7.13. The molecule has 1 heterocycles. The van der Waals surface area contributed by atoms with Crippen molar-refractivity contribution < 1.29 is 18.9 Å². The molecule has 180 valence electrons. The molecule has 0 bridgehead atoms. The number of alkyl halides is 1. The van der Waals surface area contributed by atoms with Gasteiger partial charge in [-0.3, -0.25) is 0 Å². The Bertz CT molecular complexity index is 954. The fourth-order valence-electron chi connectivity index (χ4n) is 4.31. The lowest BCUT2D eigenvalue weighted by Crippen LogP contribution is -2.57. The molecule has 34 heavy (non-hydrogen) atoms. The number of ether oxygens (including phenoxy) is 4. The van der Waals surface area contributed by atoms with E-state index in [1.807, 2.05) is 54.6 Å². The van der Waals surface area contributed by atoms with E-state index >= 15 is 0 Å². The highest BCUT2D eigenvalue weighted by atomic mass is 127. The second-order valence-corrected chi connectivity index (χ2v) is 9.63. The van der Waals surface area contributed by atoms with E-state index in [-0.39, 0.29) is 30.3 Å². The van der Waals surface area contributed by atoms with Crippen LogP contribution in [0, 0.1) is 5.92 Å². The first-order valence-electron chi connectivity index (χ1n) is 11.9. The SMILES string of the molecule is C[C@H]1[C@H](OCc2ccccc2)[C@H](OCc2ccccc2)[C@@H](CI)O[C@@H]1COCc1ccccc1. The predicted molar refractivity (Wildman–Crippen MR) is 143 cm³/mol. The van der Waals surface area contributed by atoms with Crippen molar-refractivity contribution in [2.24, 2.45) is 5.92 Å². The van der Waals surface area contributed by atoms with Crippen LogP contribution in [-0.4, -0.2) is 35.5 Å². The van der Waals surface area contributed by atoms with E-state index in [2.05, 4.69) is 65.9 Å². The normalized spacial score (nSPS) is 24.7. The lowest BCUT2D eigenvalue weighted by molar-refractivity contribution is -0.234. The van der Waals surface area contributed by atoms with Gasteiger partial charge in [0.05, 0.1) is 44.7 Å². The third-order valence-electron chi connectivity index (χ3n) is 6.26. The Balaban J connectivity index is 1.44. The first-order valence-corrected chi connectivity index (χ1v) is 13.4. The van der Waals surface area contributed by atoms with E-state index in [0.717, 1.165) is 21.1 Å². The Hall–Kier alpha value is -1.77. The van der Waals surface area contributed by atoms with E-state index in [1.54, 1.807) is 0 Å². The van der Waals surface area contributed by atoms with Crippen molar-refractivity contribution in [3.63, 3.8) is 0 Å². The molecule has 0 amide bonds. The zero-order valence-electron chi connectivity index (χ0n) is 19.6. The van der Waals surface area contributed by atoms with Crippen LogP contribution in [0.4, 0.5) is 0 Å². The number of benzene rings is 3. The molecule has 0 radical (unpaired) electrons. The summed E-state index contributed by atoms with van der Waals surface area (Å²) in [6.07, 6.45) is -0.364. The quantitative estimate of drug-likeness (QED) is 0.202. The molecule has 3 aromatic rings. The van der Waals surface area contributed by atoms with Gasteiger partial charge in [0.2, 0.25) is 0 Å². The molecule has 0 saturated carbocycles. The van der Waals surface area contributed by atoms with Gasteiger partial charge in [0, 0.05) is 10.3 Å². The fraction of sp³-hybridized carbons (Fsp3) is 0.379. The molecule has 5 heteroatoms. The maximum atomic E-state index is 6.55. The summed E-state index contributed by atoms with van der Waals surface area (Å²) in [5, 5.41) is 0. The monoisotopic (exact) mass is 572 g/mol. The van der Waals surface area contributed by atoms with Crippen LogP contribution in [0.2, 0.25) is 0 Å². The minimum Gasteiger partial charge on any atom is -0.374 e. The molecule has 1 aliphatic heterocycles. The minimum absolute atomic E-state index is 0.0548. The maximum absolute atomic E-state index is 6.55. The van der Waals surface area contributed by atoms with Crippen LogP contribution >= 0.6 is 22.6 Å². The Morgan fingerprint density at radius 3 is 1.62 bits per heavy atom. The topological polar surface area (TPSA) is 36.9 Å². The lowest BCUT2D eigenvalue weighted by Gasteiger charge is -2.45. The molecule has 3 aromatic carbocycles. The Labute approximate surface area is 216 Å². The summed E-state index contributed by atoms with van der Waals surface area (Å²) in [5.74, 6) is 0.124. The van der Waals surface area contributed by atoms with Gasteiger partial charge in [-0.2, -0.15) is 0 Å². The van der Waals surface area contributed by atoms with Gasteiger partial charge in [0.1, 0.15) is 6.10 Å². The summed E-state index contributed by atoms with van der Waals surface area (Å²) in [5.41, 5.74) is 3.47. The van der Waals surface area contributed by atoms with Crippen LogP contribution in [-0.2, 0) is 38.8 Å². The average molecular weight is 572 g/mol. The highest BCUT2D eigenvalue weighted by molar-refractivity contribution is 14.1. The number of rotatable bonds is 11.